The average molecular weight is 347 g/mol. The summed E-state index contributed by atoms with van der Waals surface area (Å²) in [5.41, 5.74) is 3.11. The molecular formula is C17H15ClN2S2. The van der Waals surface area contributed by atoms with Gasteiger partial charge in [-0.1, -0.05) is 29.8 Å². The zero-order valence-electron chi connectivity index (χ0n) is 12.1. The van der Waals surface area contributed by atoms with Gasteiger partial charge in [-0.05, 0) is 36.1 Å². The summed E-state index contributed by atoms with van der Waals surface area (Å²) in [6, 6.07) is 10.1. The highest BCUT2D eigenvalue weighted by Gasteiger charge is 2.08. The Hall–Kier alpha value is -1.62. The number of hydrogen-bond donors (Lipinski definition) is 0. The first-order valence-electron chi connectivity index (χ1n) is 6.83. The van der Waals surface area contributed by atoms with Gasteiger partial charge < -0.3 is 4.57 Å². The van der Waals surface area contributed by atoms with E-state index in [9.17, 15) is 0 Å². The number of aromatic nitrogens is 1. The molecule has 3 aromatic rings. The molecular weight excluding hydrogens is 332 g/mol. The molecule has 0 atom stereocenters. The van der Waals surface area contributed by atoms with E-state index in [0.717, 1.165) is 27.6 Å². The average Bonchev–Trinajstić information content (AvgIpc) is 3.14. The first-order chi connectivity index (χ1) is 10.7. The van der Waals surface area contributed by atoms with Gasteiger partial charge in [0.1, 0.15) is 0 Å². The molecule has 0 amide bonds. The highest BCUT2D eigenvalue weighted by Crippen LogP contribution is 2.26. The Balaban J connectivity index is 2.12. The van der Waals surface area contributed by atoms with Crippen molar-refractivity contribution in [2.75, 3.05) is 0 Å². The number of benzene rings is 1. The summed E-state index contributed by atoms with van der Waals surface area (Å²) < 4.78 is 2.18. The second-order valence-corrected chi connectivity index (χ2v) is 7.02. The molecule has 2 aromatic heterocycles. The highest BCUT2D eigenvalue weighted by molar-refractivity contribution is 7.14. The van der Waals surface area contributed by atoms with E-state index < -0.39 is 0 Å². The monoisotopic (exact) mass is 346 g/mol. The van der Waals surface area contributed by atoms with Gasteiger partial charge in [-0.25, -0.2) is 4.99 Å². The number of thiazole rings is 1. The maximum absolute atomic E-state index is 6.19. The van der Waals surface area contributed by atoms with E-state index in [1.54, 1.807) is 22.7 Å². The first-order valence-corrected chi connectivity index (χ1v) is 8.97. The zero-order valence-corrected chi connectivity index (χ0v) is 14.5. The second kappa shape index (κ2) is 6.65. The lowest BCUT2D eigenvalue weighted by molar-refractivity contribution is 0.802. The second-order valence-electron chi connectivity index (χ2n) is 4.83. The molecule has 0 aliphatic rings. The first kappa shape index (κ1) is 15.3. The fourth-order valence-corrected chi connectivity index (χ4v) is 4.04. The van der Waals surface area contributed by atoms with Gasteiger partial charge in [-0.2, -0.15) is 0 Å². The van der Waals surface area contributed by atoms with Crippen LogP contribution in [0.3, 0.4) is 0 Å². The van der Waals surface area contributed by atoms with Crippen LogP contribution in [0, 0.1) is 6.92 Å². The van der Waals surface area contributed by atoms with E-state index in [-0.39, 0.29) is 0 Å². The molecule has 0 saturated carbocycles. The predicted octanol–water partition coefficient (Wildman–Crippen LogP) is 5.66. The molecule has 3 rings (SSSR count). The number of hydrogen-bond acceptors (Lipinski definition) is 3. The van der Waals surface area contributed by atoms with Gasteiger partial charge in [-0.15, -0.1) is 29.3 Å². The smallest absolute Gasteiger partial charge is 0.190 e. The zero-order chi connectivity index (χ0) is 15.5. The Bertz CT molecular complexity index is 857. The molecule has 0 spiro atoms. The summed E-state index contributed by atoms with van der Waals surface area (Å²) in [6.07, 6.45) is 1.89. The normalized spacial score (nSPS) is 11.8. The van der Waals surface area contributed by atoms with Crippen LogP contribution in [-0.2, 0) is 6.54 Å². The molecule has 0 bridgehead atoms. The van der Waals surface area contributed by atoms with Gasteiger partial charge in [-0.3, -0.25) is 0 Å². The molecule has 0 unspecified atom stereocenters. The standard InChI is InChI=1S/C17H15ClN2S2/c1-3-8-20-15(16-5-4-9-21-16)11-22-17(20)19-13-7-6-12(2)14(18)10-13/h3-7,9-11H,1,8H2,2H3. The third-order valence-electron chi connectivity index (χ3n) is 3.26. The number of allylic oxidation sites excluding steroid dienone is 1. The number of rotatable bonds is 4. The minimum Gasteiger partial charge on any atom is -0.312 e. The molecule has 1 aromatic carbocycles. The Morgan fingerprint density at radius 3 is 2.86 bits per heavy atom. The van der Waals surface area contributed by atoms with Crippen molar-refractivity contribution in [1.82, 2.24) is 4.57 Å². The molecule has 0 fully saturated rings. The fraction of sp³-hybridized carbons (Fsp3) is 0.118. The van der Waals surface area contributed by atoms with Crippen molar-refractivity contribution in [3.8, 4) is 10.6 Å². The number of thiophene rings is 1. The van der Waals surface area contributed by atoms with Crippen molar-refractivity contribution in [3.05, 3.63) is 69.1 Å². The summed E-state index contributed by atoms with van der Waals surface area (Å²) in [4.78, 5) is 6.93. The molecule has 0 N–H and O–H groups in total. The minimum atomic E-state index is 0.731. The van der Waals surface area contributed by atoms with Crippen LogP contribution in [0.15, 0.2) is 58.7 Å². The Morgan fingerprint density at radius 1 is 1.32 bits per heavy atom. The Kier molecular flexibility index (Phi) is 4.62. The third-order valence-corrected chi connectivity index (χ3v) is 5.43. The van der Waals surface area contributed by atoms with Crippen molar-refractivity contribution in [2.24, 2.45) is 4.99 Å². The number of aryl methyl sites for hydroxylation is 1. The van der Waals surface area contributed by atoms with E-state index in [1.807, 2.05) is 31.2 Å². The maximum Gasteiger partial charge on any atom is 0.190 e. The van der Waals surface area contributed by atoms with Crippen LogP contribution in [0.4, 0.5) is 5.69 Å². The van der Waals surface area contributed by atoms with E-state index in [1.165, 1.54) is 10.6 Å². The highest BCUT2D eigenvalue weighted by atomic mass is 35.5. The Labute approximate surface area is 142 Å². The van der Waals surface area contributed by atoms with Crippen LogP contribution in [-0.4, -0.2) is 4.57 Å². The van der Waals surface area contributed by atoms with Gasteiger partial charge in [0.2, 0.25) is 0 Å². The molecule has 2 nitrogen and oxygen atoms in total. The van der Waals surface area contributed by atoms with Crippen LogP contribution < -0.4 is 4.80 Å². The molecule has 0 radical (unpaired) electrons. The molecule has 0 saturated heterocycles. The van der Waals surface area contributed by atoms with E-state index in [0.29, 0.717) is 0 Å². The molecule has 5 heteroatoms. The van der Waals surface area contributed by atoms with Crippen molar-refractivity contribution in [2.45, 2.75) is 13.5 Å². The lowest BCUT2D eigenvalue weighted by Crippen LogP contribution is -2.14. The lowest BCUT2D eigenvalue weighted by atomic mass is 10.2. The van der Waals surface area contributed by atoms with Gasteiger partial charge in [0.05, 0.1) is 16.3 Å². The van der Waals surface area contributed by atoms with Crippen LogP contribution in [0.5, 0.6) is 0 Å². The van der Waals surface area contributed by atoms with E-state index in [2.05, 4.69) is 34.0 Å². The van der Waals surface area contributed by atoms with Crippen molar-refractivity contribution in [3.63, 3.8) is 0 Å². The van der Waals surface area contributed by atoms with Crippen molar-refractivity contribution in [1.29, 1.82) is 0 Å². The predicted molar refractivity (Wildman–Crippen MR) is 97.2 cm³/mol. The third kappa shape index (κ3) is 3.09. The topological polar surface area (TPSA) is 17.3 Å². The molecule has 2 heterocycles. The minimum absolute atomic E-state index is 0.731. The van der Waals surface area contributed by atoms with Gasteiger partial charge in [0.25, 0.3) is 0 Å². The Morgan fingerprint density at radius 2 is 2.18 bits per heavy atom. The molecule has 112 valence electrons. The maximum atomic E-state index is 6.19. The number of halogens is 1. The largest absolute Gasteiger partial charge is 0.312 e. The quantitative estimate of drug-likeness (QED) is 0.542. The number of nitrogens with zero attached hydrogens (tertiary/aromatic N) is 2. The van der Waals surface area contributed by atoms with Crippen LogP contribution in [0.1, 0.15) is 5.56 Å². The molecule has 0 aliphatic carbocycles. The van der Waals surface area contributed by atoms with Gasteiger partial charge >= 0.3 is 0 Å². The fourth-order valence-electron chi connectivity index (χ4n) is 2.11. The lowest BCUT2D eigenvalue weighted by Gasteiger charge is -2.04. The van der Waals surface area contributed by atoms with Crippen molar-refractivity contribution < 1.29 is 0 Å². The summed E-state index contributed by atoms with van der Waals surface area (Å²) in [5, 5.41) is 4.97. The van der Waals surface area contributed by atoms with Gasteiger partial charge in [0.15, 0.2) is 4.80 Å². The molecule has 0 aliphatic heterocycles. The van der Waals surface area contributed by atoms with Crippen LogP contribution in [0.25, 0.3) is 10.6 Å². The van der Waals surface area contributed by atoms with Crippen LogP contribution in [0.2, 0.25) is 5.02 Å². The summed E-state index contributed by atoms with van der Waals surface area (Å²) >= 11 is 9.55. The van der Waals surface area contributed by atoms with Gasteiger partial charge in [0, 0.05) is 16.9 Å². The SMILES string of the molecule is C=CCn1c(-c2cccs2)csc1=Nc1ccc(C)c(Cl)c1. The van der Waals surface area contributed by atoms with Crippen LogP contribution >= 0.6 is 34.3 Å². The van der Waals surface area contributed by atoms with E-state index >= 15 is 0 Å². The van der Waals surface area contributed by atoms with E-state index in [4.69, 9.17) is 16.6 Å². The van der Waals surface area contributed by atoms with Crippen molar-refractivity contribution >= 4 is 40.0 Å². The summed E-state index contributed by atoms with van der Waals surface area (Å²) in [5.74, 6) is 0. The molecule has 22 heavy (non-hydrogen) atoms. The summed E-state index contributed by atoms with van der Waals surface area (Å²) in [6.45, 7) is 6.58. The summed E-state index contributed by atoms with van der Waals surface area (Å²) in [7, 11) is 0.